The minimum Gasteiger partial charge on any atom is -0.495 e. The van der Waals surface area contributed by atoms with E-state index >= 15 is 0 Å². The quantitative estimate of drug-likeness (QED) is 0.435. The third-order valence-electron chi connectivity index (χ3n) is 3.78. The van der Waals surface area contributed by atoms with Gasteiger partial charge < -0.3 is 20.2 Å². The van der Waals surface area contributed by atoms with E-state index < -0.39 is 0 Å². The fraction of sp³-hybridized carbons (Fsp3) is 0.0952. The summed E-state index contributed by atoms with van der Waals surface area (Å²) >= 11 is 1.52. The number of methoxy groups -OCH3 is 1. The highest BCUT2D eigenvalue weighted by atomic mass is 32.1. The highest BCUT2D eigenvalue weighted by molar-refractivity contribution is 7.11. The van der Waals surface area contributed by atoms with E-state index in [4.69, 9.17) is 9.57 Å². The number of para-hydroxylation sites is 2. The monoisotopic (exact) mass is 409 g/mol. The van der Waals surface area contributed by atoms with E-state index in [1.807, 2.05) is 29.6 Å². The summed E-state index contributed by atoms with van der Waals surface area (Å²) in [5, 5.41) is 11.2. The molecule has 7 nitrogen and oxygen atoms in total. The van der Waals surface area contributed by atoms with Gasteiger partial charge in [0.1, 0.15) is 5.75 Å². The van der Waals surface area contributed by atoms with Gasteiger partial charge in [0.25, 0.3) is 11.8 Å². The van der Waals surface area contributed by atoms with E-state index in [0.717, 1.165) is 4.88 Å². The van der Waals surface area contributed by atoms with E-state index in [1.165, 1.54) is 11.3 Å². The molecule has 3 rings (SSSR count). The lowest BCUT2D eigenvalue weighted by Crippen LogP contribution is -2.17. The molecule has 0 spiro atoms. The van der Waals surface area contributed by atoms with Crippen molar-refractivity contribution in [3.63, 3.8) is 0 Å². The Morgan fingerprint density at radius 3 is 2.55 bits per heavy atom. The summed E-state index contributed by atoms with van der Waals surface area (Å²) in [5.74, 6) is -0.0513. The molecule has 0 fully saturated rings. The van der Waals surface area contributed by atoms with Crippen molar-refractivity contribution in [1.29, 1.82) is 0 Å². The Balaban J connectivity index is 1.50. The topological polar surface area (TPSA) is 89.0 Å². The average molecular weight is 409 g/mol. The molecule has 0 aliphatic rings. The molecule has 0 saturated heterocycles. The van der Waals surface area contributed by atoms with Crippen LogP contribution < -0.4 is 15.4 Å². The van der Waals surface area contributed by atoms with Gasteiger partial charge in [-0.05, 0) is 47.8 Å². The maximum absolute atomic E-state index is 12.4. The summed E-state index contributed by atoms with van der Waals surface area (Å²) < 4.78 is 5.22. The van der Waals surface area contributed by atoms with Crippen LogP contribution in [0.2, 0.25) is 0 Å². The van der Waals surface area contributed by atoms with Gasteiger partial charge in [0.15, 0.2) is 6.61 Å². The third kappa shape index (κ3) is 5.91. The maximum Gasteiger partial charge on any atom is 0.265 e. The standard InChI is InChI=1S/C21H19N3O4S/c1-27-19-7-3-2-6-18(19)24-21(26)15-8-10-16(11-9-15)23-20(25)14-28-22-13-17-5-4-12-29-17/h2-13H,14H2,1H3,(H,23,25)(H,24,26)/b22-13+. The minimum absolute atomic E-state index is 0.210. The molecule has 0 aliphatic heterocycles. The number of rotatable bonds is 8. The predicted octanol–water partition coefficient (Wildman–Crippen LogP) is 4.00. The Hall–Kier alpha value is -3.65. The van der Waals surface area contributed by atoms with Gasteiger partial charge in [0.2, 0.25) is 0 Å². The number of carbonyl (C=O) groups is 2. The Kier molecular flexibility index (Phi) is 6.96. The SMILES string of the molecule is COc1ccccc1NC(=O)c1ccc(NC(=O)CO/N=C/c2cccs2)cc1. The molecule has 1 heterocycles. The van der Waals surface area contributed by atoms with Crippen LogP contribution in [0.25, 0.3) is 0 Å². The molecule has 8 heteroatoms. The molecule has 0 saturated carbocycles. The number of ether oxygens (including phenoxy) is 1. The van der Waals surface area contributed by atoms with Crippen LogP contribution >= 0.6 is 11.3 Å². The molecule has 148 valence electrons. The van der Waals surface area contributed by atoms with Crippen LogP contribution in [0, 0.1) is 0 Å². The van der Waals surface area contributed by atoms with Gasteiger partial charge in [-0.15, -0.1) is 11.3 Å². The lowest BCUT2D eigenvalue weighted by Gasteiger charge is -2.10. The molecule has 3 aromatic rings. The van der Waals surface area contributed by atoms with Crippen molar-refractivity contribution in [3.8, 4) is 5.75 Å². The van der Waals surface area contributed by atoms with Crippen LogP contribution in [0.3, 0.4) is 0 Å². The van der Waals surface area contributed by atoms with Gasteiger partial charge >= 0.3 is 0 Å². The summed E-state index contributed by atoms with van der Waals surface area (Å²) in [6.45, 7) is -0.210. The zero-order chi connectivity index (χ0) is 20.5. The first-order valence-corrected chi connectivity index (χ1v) is 9.57. The van der Waals surface area contributed by atoms with Gasteiger partial charge in [0, 0.05) is 16.1 Å². The summed E-state index contributed by atoms with van der Waals surface area (Å²) in [7, 11) is 1.54. The van der Waals surface area contributed by atoms with E-state index in [-0.39, 0.29) is 18.4 Å². The van der Waals surface area contributed by atoms with E-state index in [1.54, 1.807) is 49.7 Å². The summed E-state index contributed by atoms with van der Waals surface area (Å²) in [5.41, 5.74) is 1.58. The summed E-state index contributed by atoms with van der Waals surface area (Å²) in [4.78, 5) is 30.2. The fourth-order valence-electron chi connectivity index (χ4n) is 2.39. The normalized spacial score (nSPS) is 10.5. The van der Waals surface area contributed by atoms with E-state index in [2.05, 4.69) is 15.8 Å². The van der Waals surface area contributed by atoms with Crippen molar-refractivity contribution in [2.75, 3.05) is 24.4 Å². The Labute approximate surface area is 172 Å². The molecule has 0 unspecified atom stereocenters. The largest absolute Gasteiger partial charge is 0.495 e. The van der Waals surface area contributed by atoms with Gasteiger partial charge in [-0.1, -0.05) is 23.4 Å². The first-order valence-electron chi connectivity index (χ1n) is 8.69. The molecule has 2 amide bonds. The second kappa shape index (κ2) is 10.0. The van der Waals surface area contributed by atoms with Crippen molar-refractivity contribution in [2.24, 2.45) is 5.16 Å². The Bertz CT molecular complexity index is 985. The summed E-state index contributed by atoms with van der Waals surface area (Å²) in [6.07, 6.45) is 1.55. The maximum atomic E-state index is 12.4. The van der Waals surface area contributed by atoms with E-state index in [9.17, 15) is 9.59 Å². The molecule has 0 radical (unpaired) electrons. The van der Waals surface area contributed by atoms with Crippen LogP contribution in [-0.2, 0) is 9.63 Å². The van der Waals surface area contributed by atoms with Crippen molar-refractivity contribution in [3.05, 3.63) is 76.5 Å². The number of oxime groups is 1. The number of nitrogens with zero attached hydrogens (tertiary/aromatic N) is 1. The van der Waals surface area contributed by atoms with Crippen molar-refractivity contribution < 1.29 is 19.2 Å². The number of thiophene rings is 1. The molecule has 1 aromatic heterocycles. The zero-order valence-electron chi connectivity index (χ0n) is 15.6. The van der Waals surface area contributed by atoms with Crippen LogP contribution in [-0.4, -0.2) is 31.7 Å². The number of benzene rings is 2. The number of hydrogen-bond acceptors (Lipinski definition) is 6. The van der Waals surface area contributed by atoms with Crippen molar-refractivity contribution >= 4 is 40.7 Å². The average Bonchev–Trinajstić information content (AvgIpc) is 3.26. The van der Waals surface area contributed by atoms with Gasteiger partial charge in [-0.25, -0.2) is 0 Å². The smallest absolute Gasteiger partial charge is 0.265 e. The second-order valence-electron chi connectivity index (χ2n) is 5.80. The lowest BCUT2D eigenvalue weighted by atomic mass is 10.2. The number of amides is 2. The van der Waals surface area contributed by atoms with Gasteiger partial charge in [-0.3, -0.25) is 9.59 Å². The molecule has 0 aliphatic carbocycles. The number of anilines is 2. The third-order valence-corrected chi connectivity index (χ3v) is 4.59. The Morgan fingerprint density at radius 1 is 1.03 bits per heavy atom. The van der Waals surface area contributed by atoms with Crippen molar-refractivity contribution in [1.82, 2.24) is 0 Å². The van der Waals surface area contributed by atoms with Crippen LogP contribution in [0.15, 0.2) is 71.2 Å². The molecular weight excluding hydrogens is 390 g/mol. The molecule has 0 bridgehead atoms. The van der Waals surface area contributed by atoms with Crippen molar-refractivity contribution in [2.45, 2.75) is 0 Å². The predicted molar refractivity (Wildman–Crippen MR) is 114 cm³/mol. The van der Waals surface area contributed by atoms with Crippen LogP contribution in [0.4, 0.5) is 11.4 Å². The molecular formula is C21H19N3O4S. The Morgan fingerprint density at radius 2 is 1.83 bits per heavy atom. The summed E-state index contributed by atoms with van der Waals surface area (Å²) in [6, 6.07) is 17.5. The van der Waals surface area contributed by atoms with Crippen LogP contribution in [0.1, 0.15) is 15.2 Å². The van der Waals surface area contributed by atoms with E-state index in [0.29, 0.717) is 22.7 Å². The molecule has 2 aromatic carbocycles. The minimum atomic E-state index is -0.348. The highest BCUT2D eigenvalue weighted by Gasteiger charge is 2.10. The zero-order valence-corrected chi connectivity index (χ0v) is 16.4. The number of hydrogen-bond donors (Lipinski definition) is 2. The fourth-order valence-corrected chi connectivity index (χ4v) is 2.97. The lowest BCUT2D eigenvalue weighted by molar-refractivity contribution is -0.120. The molecule has 0 atom stereocenters. The van der Waals surface area contributed by atoms with Crippen LogP contribution in [0.5, 0.6) is 5.75 Å². The highest BCUT2D eigenvalue weighted by Crippen LogP contribution is 2.23. The molecule has 29 heavy (non-hydrogen) atoms. The number of carbonyl (C=O) groups excluding carboxylic acids is 2. The first-order chi connectivity index (χ1) is 14.2. The van der Waals surface area contributed by atoms with Gasteiger partial charge in [0.05, 0.1) is 19.0 Å². The van der Waals surface area contributed by atoms with Gasteiger partial charge in [-0.2, -0.15) is 0 Å². The number of nitrogens with one attached hydrogen (secondary N) is 2. The molecule has 2 N–H and O–H groups in total. The second-order valence-corrected chi connectivity index (χ2v) is 6.78. The first kappa shape index (κ1) is 20.1.